The lowest BCUT2D eigenvalue weighted by molar-refractivity contribution is -0.116. The summed E-state index contributed by atoms with van der Waals surface area (Å²) in [6.45, 7) is 4.58. The summed E-state index contributed by atoms with van der Waals surface area (Å²) >= 11 is 0.670. The lowest BCUT2D eigenvalue weighted by atomic mass is 10.2. The quantitative estimate of drug-likeness (QED) is 0.753. The number of hydrogen-bond acceptors (Lipinski definition) is 3. The monoisotopic (exact) mass is 320 g/mol. The molecule has 0 aliphatic carbocycles. The van der Waals surface area contributed by atoms with Crippen molar-refractivity contribution in [3.8, 4) is 0 Å². The van der Waals surface area contributed by atoms with Crippen LogP contribution in [0.25, 0.3) is 0 Å². The third-order valence-electron chi connectivity index (χ3n) is 2.60. The number of para-hydroxylation sites is 1. The number of alkyl halides is 3. The van der Waals surface area contributed by atoms with E-state index in [0.717, 1.165) is 6.54 Å². The van der Waals surface area contributed by atoms with Crippen LogP contribution in [-0.4, -0.2) is 30.4 Å². The van der Waals surface area contributed by atoms with Crippen LogP contribution in [0.4, 0.5) is 18.9 Å². The zero-order valence-electron chi connectivity index (χ0n) is 12.0. The van der Waals surface area contributed by atoms with Gasteiger partial charge in [-0.1, -0.05) is 19.1 Å². The van der Waals surface area contributed by atoms with Crippen LogP contribution < -0.4 is 10.6 Å². The Labute approximate surface area is 126 Å². The lowest BCUT2D eigenvalue weighted by Gasteiger charge is -2.14. The number of rotatable bonds is 7. The van der Waals surface area contributed by atoms with Gasteiger partial charge in [-0.2, -0.15) is 13.2 Å². The number of benzene rings is 1. The van der Waals surface area contributed by atoms with E-state index < -0.39 is 11.9 Å². The Kier molecular flexibility index (Phi) is 7.04. The molecule has 0 aliphatic heterocycles. The molecule has 0 aliphatic rings. The van der Waals surface area contributed by atoms with Crippen LogP contribution in [0, 0.1) is 0 Å². The summed E-state index contributed by atoms with van der Waals surface area (Å²) < 4.78 is 36.8. The molecular formula is C14H19F3N2OS. The molecule has 0 saturated carbocycles. The van der Waals surface area contributed by atoms with Gasteiger partial charge in [-0.3, -0.25) is 4.79 Å². The largest absolute Gasteiger partial charge is 0.398 e. The van der Waals surface area contributed by atoms with Gasteiger partial charge in [0.05, 0.1) is 11.4 Å². The van der Waals surface area contributed by atoms with Crippen LogP contribution >= 0.6 is 11.8 Å². The molecule has 7 heteroatoms. The standard InChI is InChI=1S/C14H19F3N2OS/c1-3-18-10(2)8-13(20)19-11-6-4-5-7-12(11)21-9-14(15,16)17/h4-7,10,18H,3,8-9H2,1-2H3,(H,19,20). The minimum Gasteiger partial charge on any atom is -0.325 e. The van der Waals surface area contributed by atoms with E-state index in [4.69, 9.17) is 0 Å². The molecule has 0 heterocycles. The Morgan fingerprint density at radius 3 is 2.62 bits per heavy atom. The molecule has 0 fully saturated rings. The smallest absolute Gasteiger partial charge is 0.325 e. The van der Waals surface area contributed by atoms with E-state index in [1.807, 2.05) is 13.8 Å². The predicted octanol–water partition coefficient (Wildman–Crippen LogP) is 3.67. The number of thioether (sulfide) groups is 1. The summed E-state index contributed by atoms with van der Waals surface area (Å²) in [5, 5.41) is 5.78. The van der Waals surface area contributed by atoms with Crippen molar-refractivity contribution < 1.29 is 18.0 Å². The average Bonchev–Trinajstić information content (AvgIpc) is 2.36. The van der Waals surface area contributed by atoms with Gasteiger partial charge in [0, 0.05) is 17.4 Å². The third-order valence-corrected chi connectivity index (χ3v) is 3.74. The molecule has 118 valence electrons. The zero-order chi connectivity index (χ0) is 15.9. The molecule has 2 N–H and O–H groups in total. The van der Waals surface area contributed by atoms with Gasteiger partial charge in [0.1, 0.15) is 0 Å². The molecule has 1 aromatic rings. The average molecular weight is 320 g/mol. The summed E-state index contributed by atoms with van der Waals surface area (Å²) in [6, 6.07) is 6.52. The highest BCUT2D eigenvalue weighted by molar-refractivity contribution is 7.99. The van der Waals surface area contributed by atoms with Crippen molar-refractivity contribution in [3.05, 3.63) is 24.3 Å². The molecule has 1 unspecified atom stereocenters. The fourth-order valence-electron chi connectivity index (χ4n) is 1.76. The minimum absolute atomic E-state index is 0.0185. The summed E-state index contributed by atoms with van der Waals surface area (Å²) in [7, 11) is 0. The van der Waals surface area contributed by atoms with Gasteiger partial charge >= 0.3 is 6.18 Å². The van der Waals surface area contributed by atoms with Gasteiger partial charge < -0.3 is 10.6 Å². The molecular weight excluding hydrogens is 301 g/mol. The van der Waals surface area contributed by atoms with Crippen molar-refractivity contribution in [2.24, 2.45) is 0 Å². The van der Waals surface area contributed by atoms with E-state index in [0.29, 0.717) is 22.3 Å². The molecule has 1 amide bonds. The van der Waals surface area contributed by atoms with E-state index in [1.54, 1.807) is 24.3 Å². The van der Waals surface area contributed by atoms with Crippen molar-refractivity contribution in [1.29, 1.82) is 0 Å². The van der Waals surface area contributed by atoms with Gasteiger partial charge in [-0.05, 0) is 25.6 Å². The first-order chi connectivity index (χ1) is 9.81. The van der Waals surface area contributed by atoms with Crippen LogP contribution in [0.3, 0.4) is 0 Å². The van der Waals surface area contributed by atoms with Crippen LogP contribution in [0.15, 0.2) is 29.2 Å². The molecule has 0 bridgehead atoms. The Morgan fingerprint density at radius 1 is 1.33 bits per heavy atom. The van der Waals surface area contributed by atoms with E-state index >= 15 is 0 Å². The maximum Gasteiger partial charge on any atom is 0.398 e. The predicted molar refractivity (Wildman–Crippen MR) is 79.6 cm³/mol. The first-order valence-corrected chi connectivity index (χ1v) is 7.62. The van der Waals surface area contributed by atoms with Crippen molar-refractivity contribution >= 4 is 23.4 Å². The van der Waals surface area contributed by atoms with Gasteiger partial charge in [0.25, 0.3) is 0 Å². The maximum absolute atomic E-state index is 12.3. The van der Waals surface area contributed by atoms with Gasteiger partial charge in [0.15, 0.2) is 0 Å². The molecule has 0 spiro atoms. The summed E-state index contributed by atoms with van der Waals surface area (Å²) in [5.41, 5.74) is 0.417. The lowest BCUT2D eigenvalue weighted by Crippen LogP contribution is -2.30. The fraction of sp³-hybridized carbons (Fsp3) is 0.500. The molecule has 1 rings (SSSR count). The summed E-state index contributed by atoms with van der Waals surface area (Å²) in [6.07, 6.45) is -3.96. The highest BCUT2D eigenvalue weighted by Gasteiger charge is 2.27. The summed E-state index contributed by atoms with van der Waals surface area (Å²) in [4.78, 5) is 12.3. The second-order valence-corrected chi connectivity index (χ2v) is 5.63. The number of carbonyl (C=O) groups is 1. The zero-order valence-corrected chi connectivity index (χ0v) is 12.8. The Bertz CT molecular complexity index is 466. The molecule has 3 nitrogen and oxygen atoms in total. The number of amides is 1. The van der Waals surface area contributed by atoms with Crippen molar-refractivity contribution in [1.82, 2.24) is 5.32 Å². The third kappa shape index (κ3) is 7.38. The molecule has 0 aromatic heterocycles. The minimum atomic E-state index is -4.23. The van der Waals surface area contributed by atoms with Gasteiger partial charge in [0.2, 0.25) is 5.91 Å². The number of hydrogen-bond donors (Lipinski definition) is 2. The Hall–Kier alpha value is -1.21. The highest BCUT2D eigenvalue weighted by Crippen LogP contribution is 2.32. The van der Waals surface area contributed by atoms with E-state index in [2.05, 4.69) is 10.6 Å². The topological polar surface area (TPSA) is 41.1 Å². The van der Waals surface area contributed by atoms with E-state index in [9.17, 15) is 18.0 Å². The normalized spacial score (nSPS) is 13.0. The van der Waals surface area contributed by atoms with Crippen molar-refractivity contribution in [3.63, 3.8) is 0 Å². The van der Waals surface area contributed by atoms with Gasteiger partial charge in [-0.15, -0.1) is 11.8 Å². The molecule has 0 radical (unpaired) electrons. The molecule has 21 heavy (non-hydrogen) atoms. The highest BCUT2D eigenvalue weighted by atomic mass is 32.2. The maximum atomic E-state index is 12.3. The molecule has 0 saturated heterocycles. The number of anilines is 1. The van der Waals surface area contributed by atoms with Crippen molar-refractivity contribution in [2.45, 2.75) is 37.4 Å². The number of halogens is 3. The van der Waals surface area contributed by atoms with Crippen molar-refractivity contribution in [2.75, 3.05) is 17.6 Å². The Balaban J connectivity index is 2.64. The van der Waals surface area contributed by atoms with Crippen LogP contribution in [0.1, 0.15) is 20.3 Å². The summed E-state index contributed by atoms with van der Waals surface area (Å²) in [5.74, 6) is -1.20. The first-order valence-electron chi connectivity index (χ1n) is 6.63. The number of carbonyl (C=O) groups excluding carboxylic acids is 1. The second kappa shape index (κ2) is 8.29. The first kappa shape index (κ1) is 17.8. The molecule has 1 aromatic carbocycles. The van der Waals surface area contributed by atoms with Gasteiger partial charge in [-0.25, -0.2) is 0 Å². The fourth-order valence-corrected chi connectivity index (χ4v) is 2.52. The van der Waals surface area contributed by atoms with Crippen LogP contribution in [-0.2, 0) is 4.79 Å². The van der Waals surface area contributed by atoms with E-state index in [-0.39, 0.29) is 18.4 Å². The van der Waals surface area contributed by atoms with Crippen LogP contribution in [0.5, 0.6) is 0 Å². The van der Waals surface area contributed by atoms with E-state index in [1.165, 1.54) is 0 Å². The molecule has 1 atom stereocenters. The number of nitrogens with one attached hydrogen (secondary N) is 2. The SMILES string of the molecule is CCNC(C)CC(=O)Nc1ccccc1SCC(F)(F)F. The van der Waals surface area contributed by atoms with Crippen LogP contribution in [0.2, 0.25) is 0 Å². The second-order valence-electron chi connectivity index (χ2n) is 4.61. The Morgan fingerprint density at radius 2 is 2.00 bits per heavy atom.